The molecule has 0 saturated carbocycles. The number of esters is 1. The minimum absolute atomic E-state index is 0.112. The second kappa shape index (κ2) is 11.2. The van der Waals surface area contributed by atoms with Crippen LogP contribution in [0.15, 0.2) is 28.8 Å². The molecule has 1 fully saturated rings. The third-order valence-corrected chi connectivity index (χ3v) is 6.21. The first kappa shape index (κ1) is 22.3. The Morgan fingerprint density at radius 2 is 1.93 bits per heavy atom. The molecule has 2 aromatic rings. The minimum atomic E-state index is -0.401. The van der Waals surface area contributed by atoms with Gasteiger partial charge in [-0.1, -0.05) is 35.0 Å². The first-order valence-electron chi connectivity index (χ1n) is 10.4. The van der Waals surface area contributed by atoms with Gasteiger partial charge in [-0.2, -0.15) is 4.98 Å². The first-order valence-corrected chi connectivity index (χ1v) is 11.5. The van der Waals surface area contributed by atoms with Crippen LogP contribution >= 0.6 is 11.8 Å². The lowest BCUT2D eigenvalue weighted by Crippen LogP contribution is -2.40. The number of carbonyl (C=O) groups excluding carboxylic acids is 2. The van der Waals surface area contributed by atoms with Gasteiger partial charge >= 0.3 is 5.97 Å². The van der Waals surface area contributed by atoms with Crippen molar-refractivity contribution >= 4 is 23.6 Å². The van der Waals surface area contributed by atoms with Crippen LogP contribution < -0.4 is 0 Å². The van der Waals surface area contributed by atoms with Crippen molar-refractivity contribution in [2.24, 2.45) is 5.92 Å². The van der Waals surface area contributed by atoms with Gasteiger partial charge in [-0.3, -0.25) is 9.59 Å². The van der Waals surface area contributed by atoms with Crippen LogP contribution in [0.1, 0.15) is 42.1 Å². The van der Waals surface area contributed by atoms with Gasteiger partial charge in [-0.25, -0.2) is 0 Å². The summed E-state index contributed by atoms with van der Waals surface area (Å²) < 4.78 is 10.0. The number of hydrogen-bond acceptors (Lipinski definition) is 7. The second-order valence-electron chi connectivity index (χ2n) is 7.73. The lowest BCUT2D eigenvalue weighted by atomic mass is 9.90. The van der Waals surface area contributed by atoms with E-state index in [0.717, 1.165) is 38.8 Å². The number of aromatic nitrogens is 2. The Hall–Kier alpha value is -2.35. The normalized spacial score (nSPS) is 14.7. The van der Waals surface area contributed by atoms with Crippen LogP contribution in [0.5, 0.6) is 0 Å². The fraction of sp³-hybridized carbons (Fsp3) is 0.545. The highest BCUT2D eigenvalue weighted by Gasteiger charge is 2.23. The van der Waals surface area contributed by atoms with Gasteiger partial charge in [0.15, 0.2) is 12.4 Å². The van der Waals surface area contributed by atoms with E-state index in [1.54, 1.807) is 6.92 Å². The quantitative estimate of drug-likeness (QED) is 0.563. The predicted octanol–water partition coefficient (Wildman–Crippen LogP) is 3.33. The third-order valence-electron chi connectivity index (χ3n) is 5.31. The van der Waals surface area contributed by atoms with Crippen LogP contribution in [0.2, 0.25) is 0 Å². The first-order chi connectivity index (χ1) is 14.5. The summed E-state index contributed by atoms with van der Waals surface area (Å²) in [5.41, 5.74) is 2.66. The number of carbonyl (C=O) groups is 2. The largest absolute Gasteiger partial charge is 0.455 e. The van der Waals surface area contributed by atoms with Crippen LogP contribution in [-0.4, -0.2) is 52.4 Å². The van der Waals surface area contributed by atoms with Crippen molar-refractivity contribution in [2.75, 3.05) is 25.4 Å². The van der Waals surface area contributed by atoms with E-state index >= 15 is 0 Å². The molecule has 1 aromatic heterocycles. The molecule has 162 valence electrons. The smallest absolute Gasteiger partial charge is 0.316 e. The standard InChI is InChI=1S/C22H29N3O4S/c1-16-3-5-18(6-4-16)7-8-19-9-11-25(12-10-19)21(26)13-28-22(27)15-30-14-20-23-17(2)29-24-20/h3-6,19H,7-15H2,1-2H3. The van der Waals surface area contributed by atoms with Crippen molar-refractivity contribution in [1.29, 1.82) is 0 Å². The third kappa shape index (κ3) is 7.16. The topological polar surface area (TPSA) is 85.5 Å². The van der Waals surface area contributed by atoms with Crippen molar-refractivity contribution < 1.29 is 18.8 Å². The summed E-state index contributed by atoms with van der Waals surface area (Å²) >= 11 is 1.34. The van der Waals surface area contributed by atoms with Gasteiger partial charge in [0.25, 0.3) is 5.91 Å². The Kier molecular flexibility index (Phi) is 8.30. The van der Waals surface area contributed by atoms with E-state index in [-0.39, 0.29) is 18.3 Å². The number of benzene rings is 1. The van der Waals surface area contributed by atoms with Crippen molar-refractivity contribution in [2.45, 2.75) is 45.3 Å². The molecule has 0 atom stereocenters. The molecule has 1 aromatic carbocycles. The minimum Gasteiger partial charge on any atom is -0.455 e. The molecule has 1 aliphatic heterocycles. The fourth-order valence-corrected chi connectivity index (χ4v) is 4.15. The van der Waals surface area contributed by atoms with Crippen molar-refractivity contribution in [3.8, 4) is 0 Å². The zero-order chi connectivity index (χ0) is 21.3. The molecule has 2 heterocycles. The predicted molar refractivity (Wildman–Crippen MR) is 115 cm³/mol. The highest BCUT2D eigenvalue weighted by Crippen LogP contribution is 2.22. The van der Waals surface area contributed by atoms with Crippen LogP contribution in [0.3, 0.4) is 0 Å². The molecular weight excluding hydrogens is 402 g/mol. The van der Waals surface area contributed by atoms with E-state index < -0.39 is 5.97 Å². The molecule has 1 saturated heterocycles. The van der Waals surface area contributed by atoms with Gasteiger partial charge in [-0.05, 0) is 44.1 Å². The molecule has 1 aliphatic rings. The van der Waals surface area contributed by atoms with Crippen LogP contribution in [-0.2, 0) is 26.5 Å². The van der Waals surface area contributed by atoms with E-state index in [4.69, 9.17) is 9.26 Å². The molecule has 30 heavy (non-hydrogen) atoms. The van der Waals surface area contributed by atoms with E-state index in [2.05, 4.69) is 41.3 Å². The van der Waals surface area contributed by atoms with Crippen molar-refractivity contribution in [3.05, 3.63) is 47.1 Å². The maximum absolute atomic E-state index is 12.3. The summed E-state index contributed by atoms with van der Waals surface area (Å²) in [5, 5.41) is 3.77. The Balaban J connectivity index is 1.28. The summed E-state index contributed by atoms with van der Waals surface area (Å²) in [5.74, 6) is 1.80. The van der Waals surface area contributed by atoms with E-state index in [1.807, 2.05) is 4.90 Å². The zero-order valence-corrected chi connectivity index (χ0v) is 18.5. The van der Waals surface area contributed by atoms with Crippen molar-refractivity contribution in [1.82, 2.24) is 15.0 Å². The zero-order valence-electron chi connectivity index (χ0n) is 17.6. The van der Waals surface area contributed by atoms with Gasteiger partial charge < -0.3 is 14.2 Å². The SMILES string of the molecule is Cc1ccc(CCC2CCN(C(=O)COC(=O)CSCc3noc(C)n3)CC2)cc1. The van der Waals surface area contributed by atoms with E-state index in [9.17, 15) is 9.59 Å². The number of piperidine rings is 1. The number of nitrogens with zero attached hydrogens (tertiary/aromatic N) is 3. The molecular formula is C22H29N3O4S. The summed E-state index contributed by atoms with van der Waals surface area (Å²) in [4.78, 5) is 30.1. The maximum atomic E-state index is 12.3. The number of aryl methyl sites for hydroxylation is 3. The van der Waals surface area contributed by atoms with Crippen LogP contribution in [0, 0.1) is 19.8 Å². The second-order valence-corrected chi connectivity index (χ2v) is 8.72. The van der Waals surface area contributed by atoms with Gasteiger partial charge in [0, 0.05) is 20.0 Å². The number of amides is 1. The number of likely N-dealkylation sites (tertiary alicyclic amines) is 1. The summed E-state index contributed by atoms with van der Waals surface area (Å²) in [6.07, 6.45) is 4.24. The number of ether oxygens (including phenoxy) is 1. The highest BCUT2D eigenvalue weighted by atomic mass is 32.2. The number of hydrogen-bond donors (Lipinski definition) is 0. The van der Waals surface area contributed by atoms with Gasteiger partial charge in [0.2, 0.25) is 5.89 Å². The molecule has 0 aliphatic carbocycles. The molecule has 1 amide bonds. The average Bonchev–Trinajstić information content (AvgIpc) is 3.17. The van der Waals surface area contributed by atoms with Gasteiger partial charge in [-0.15, -0.1) is 11.8 Å². The molecule has 0 radical (unpaired) electrons. The fourth-order valence-electron chi connectivity index (χ4n) is 3.50. The summed E-state index contributed by atoms with van der Waals surface area (Å²) in [7, 11) is 0. The molecule has 7 nitrogen and oxygen atoms in total. The van der Waals surface area contributed by atoms with Crippen molar-refractivity contribution in [3.63, 3.8) is 0 Å². The Morgan fingerprint density at radius 3 is 2.60 bits per heavy atom. The molecule has 3 rings (SSSR count). The summed E-state index contributed by atoms with van der Waals surface area (Å²) in [6, 6.07) is 8.71. The number of rotatable bonds is 9. The van der Waals surface area contributed by atoms with Gasteiger partial charge in [0.1, 0.15) is 0 Å². The molecule has 0 unspecified atom stereocenters. The number of thioether (sulfide) groups is 1. The lowest BCUT2D eigenvalue weighted by Gasteiger charge is -2.32. The molecule has 8 heteroatoms. The van der Waals surface area contributed by atoms with Crippen LogP contribution in [0.25, 0.3) is 0 Å². The average molecular weight is 432 g/mol. The van der Waals surface area contributed by atoms with Crippen LogP contribution in [0.4, 0.5) is 0 Å². The lowest BCUT2D eigenvalue weighted by molar-refractivity contribution is -0.150. The monoisotopic (exact) mass is 431 g/mol. The Morgan fingerprint density at radius 1 is 1.20 bits per heavy atom. The Bertz CT molecular complexity index is 829. The van der Waals surface area contributed by atoms with E-state index in [0.29, 0.717) is 23.4 Å². The molecule has 0 spiro atoms. The Labute approximate surface area is 181 Å². The summed E-state index contributed by atoms with van der Waals surface area (Å²) in [6.45, 7) is 5.11. The maximum Gasteiger partial charge on any atom is 0.316 e. The highest BCUT2D eigenvalue weighted by molar-refractivity contribution is 7.99. The van der Waals surface area contributed by atoms with E-state index in [1.165, 1.54) is 22.9 Å². The molecule has 0 N–H and O–H groups in total. The molecule has 0 bridgehead atoms. The van der Waals surface area contributed by atoms with Gasteiger partial charge in [0.05, 0.1) is 11.5 Å².